The van der Waals surface area contributed by atoms with Crippen molar-refractivity contribution in [2.75, 3.05) is 6.54 Å². The van der Waals surface area contributed by atoms with Gasteiger partial charge in [0.2, 0.25) is 13.9 Å². The van der Waals surface area contributed by atoms with Crippen LogP contribution in [0, 0.1) is 0 Å². The Kier molecular flexibility index (Phi) is 2.90. The van der Waals surface area contributed by atoms with Crippen molar-refractivity contribution < 1.29 is 4.79 Å². The van der Waals surface area contributed by atoms with Crippen molar-refractivity contribution in [2.45, 2.75) is 0 Å². The van der Waals surface area contributed by atoms with Crippen molar-refractivity contribution >= 4 is 13.9 Å². The third-order valence-electron chi connectivity index (χ3n) is 1.98. The van der Waals surface area contributed by atoms with Crippen LogP contribution in [0.4, 0.5) is 0 Å². The van der Waals surface area contributed by atoms with Gasteiger partial charge >= 0.3 is 0 Å². The highest BCUT2D eigenvalue weighted by molar-refractivity contribution is 6.20. The molecule has 0 spiro atoms. The van der Waals surface area contributed by atoms with Gasteiger partial charge in [0.25, 0.3) is 0 Å². The molecular weight excluding hydrogens is 161 g/mol. The molecule has 1 rings (SSSR count). The van der Waals surface area contributed by atoms with Crippen LogP contribution in [0.15, 0.2) is 48.6 Å². The minimum atomic E-state index is 0.0491. The molecule has 0 aromatic carbocycles. The molecular formula is C10H12BNO. The zero-order valence-corrected chi connectivity index (χ0v) is 7.79. The third kappa shape index (κ3) is 1.80. The Morgan fingerprint density at radius 1 is 1.46 bits per heavy atom. The summed E-state index contributed by atoms with van der Waals surface area (Å²) in [5.74, 6) is 0.0491. The van der Waals surface area contributed by atoms with Crippen molar-refractivity contribution in [1.82, 2.24) is 4.81 Å². The van der Waals surface area contributed by atoms with Crippen molar-refractivity contribution in [1.29, 1.82) is 0 Å². The van der Waals surface area contributed by atoms with Crippen LogP contribution in [-0.4, -0.2) is 25.2 Å². The molecule has 0 saturated heterocycles. The lowest BCUT2D eigenvalue weighted by atomic mass is 10.1. The third-order valence-corrected chi connectivity index (χ3v) is 1.98. The number of allylic oxidation sites excluding steroid dienone is 2. The molecule has 0 saturated carbocycles. The summed E-state index contributed by atoms with van der Waals surface area (Å²) in [6, 6.07) is 0. The number of nitrogens with zero attached hydrogens (tertiary/aromatic N) is 1. The molecule has 0 unspecified atom stereocenters. The van der Waals surface area contributed by atoms with Gasteiger partial charge in [0.1, 0.15) is 0 Å². The van der Waals surface area contributed by atoms with Crippen LogP contribution < -0.4 is 0 Å². The maximum atomic E-state index is 11.5. The molecule has 0 aromatic rings. The van der Waals surface area contributed by atoms with Gasteiger partial charge in [-0.2, -0.15) is 0 Å². The van der Waals surface area contributed by atoms with E-state index in [2.05, 4.69) is 13.2 Å². The van der Waals surface area contributed by atoms with Crippen LogP contribution in [0.1, 0.15) is 0 Å². The molecule has 1 aliphatic heterocycles. The fourth-order valence-corrected chi connectivity index (χ4v) is 1.27. The molecule has 1 heterocycles. The van der Waals surface area contributed by atoms with Crippen molar-refractivity contribution in [3.63, 3.8) is 0 Å². The molecule has 0 atom stereocenters. The fraction of sp³-hybridized carbons (Fsp3) is 0.100. The Hall–Kier alpha value is -1.51. The quantitative estimate of drug-likeness (QED) is 0.452. The van der Waals surface area contributed by atoms with Gasteiger partial charge in [-0.1, -0.05) is 31.4 Å². The second kappa shape index (κ2) is 3.94. The normalized spacial score (nSPS) is 17.2. The predicted molar refractivity (Wildman–Crippen MR) is 56.8 cm³/mol. The first-order valence-electron chi connectivity index (χ1n) is 4.11. The van der Waals surface area contributed by atoms with E-state index < -0.39 is 0 Å². The molecule has 1 aliphatic rings. The first kappa shape index (κ1) is 9.58. The van der Waals surface area contributed by atoms with Gasteiger partial charge in [-0.15, -0.1) is 0 Å². The summed E-state index contributed by atoms with van der Waals surface area (Å²) in [6.45, 7) is 7.88. The van der Waals surface area contributed by atoms with Crippen LogP contribution in [0.2, 0.25) is 0 Å². The Balaban J connectivity index is 3.00. The summed E-state index contributed by atoms with van der Waals surface area (Å²) in [4.78, 5) is 13.2. The van der Waals surface area contributed by atoms with E-state index in [4.69, 9.17) is 0 Å². The minimum absolute atomic E-state index is 0.0491. The van der Waals surface area contributed by atoms with E-state index in [1.54, 1.807) is 37.1 Å². The van der Waals surface area contributed by atoms with E-state index in [1.807, 2.05) is 0 Å². The van der Waals surface area contributed by atoms with E-state index >= 15 is 0 Å². The van der Waals surface area contributed by atoms with Crippen LogP contribution >= 0.6 is 0 Å². The number of rotatable bonds is 3. The van der Waals surface area contributed by atoms with Crippen molar-refractivity contribution in [2.24, 2.45) is 0 Å². The Morgan fingerprint density at radius 2 is 2.15 bits per heavy atom. The molecule has 0 bridgehead atoms. The molecule has 13 heavy (non-hydrogen) atoms. The summed E-state index contributed by atoms with van der Waals surface area (Å²) in [5.41, 5.74) is 1.70. The second-order valence-electron chi connectivity index (χ2n) is 2.90. The lowest BCUT2D eigenvalue weighted by Gasteiger charge is -2.07. The minimum Gasteiger partial charge on any atom is -0.386 e. The zero-order valence-electron chi connectivity index (χ0n) is 7.79. The summed E-state index contributed by atoms with van der Waals surface area (Å²) in [5, 5.41) is 0. The first-order valence-corrected chi connectivity index (χ1v) is 4.11. The average Bonchev–Trinajstić information content (AvgIpc) is 2.40. The fourth-order valence-electron chi connectivity index (χ4n) is 1.27. The SMILES string of the molecule is BN1CC(C=C)=C(/C=C\C=C)C1=O. The second-order valence-corrected chi connectivity index (χ2v) is 2.90. The van der Waals surface area contributed by atoms with Gasteiger partial charge in [-0.05, 0) is 11.6 Å². The number of hydrogen-bond acceptors (Lipinski definition) is 1. The van der Waals surface area contributed by atoms with Gasteiger partial charge in [-0.25, -0.2) is 0 Å². The zero-order chi connectivity index (χ0) is 9.84. The van der Waals surface area contributed by atoms with Gasteiger partial charge in [-0.3, -0.25) is 4.79 Å². The van der Waals surface area contributed by atoms with E-state index in [0.717, 1.165) is 11.1 Å². The van der Waals surface area contributed by atoms with E-state index in [9.17, 15) is 4.79 Å². The monoisotopic (exact) mass is 173 g/mol. The Morgan fingerprint density at radius 3 is 2.69 bits per heavy atom. The molecule has 0 fully saturated rings. The molecule has 2 nitrogen and oxygen atoms in total. The van der Waals surface area contributed by atoms with Gasteiger partial charge < -0.3 is 4.81 Å². The number of hydrogen-bond donors (Lipinski definition) is 0. The first-order chi connectivity index (χ1) is 6.20. The van der Waals surface area contributed by atoms with E-state index in [1.165, 1.54) is 0 Å². The van der Waals surface area contributed by atoms with Crippen molar-refractivity contribution in [3.05, 3.63) is 48.6 Å². The maximum Gasteiger partial charge on any atom is 0.241 e. The van der Waals surface area contributed by atoms with Crippen LogP contribution in [0.25, 0.3) is 0 Å². The topological polar surface area (TPSA) is 20.3 Å². The predicted octanol–water partition coefficient (Wildman–Crippen LogP) is 0.601. The van der Waals surface area contributed by atoms with E-state index in [-0.39, 0.29) is 5.91 Å². The summed E-state index contributed by atoms with van der Waals surface area (Å²) >= 11 is 0. The average molecular weight is 173 g/mol. The van der Waals surface area contributed by atoms with Gasteiger partial charge in [0.15, 0.2) is 0 Å². The molecule has 0 aliphatic carbocycles. The number of amides is 1. The highest BCUT2D eigenvalue weighted by atomic mass is 16.2. The molecule has 1 amide bonds. The van der Waals surface area contributed by atoms with Crippen LogP contribution in [0.5, 0.6) is 0 Å². The largest absolute Gasteiger partial charge is 0.386 e. The van der Waals surface area contributed by atoms with Gasteiger partial charge in [0, 0.05) is 12.1 Å². The Bertz CT molecular complexity index is 315. The molecule has 0 aromatic heterocycles. The summed E-state index contributed by atoms with van der Waals surface area (Å²) < 4.78 is 0. The van der Waals surface area contributed by atoms with Gasteiger partial charge in [0.05, 0.1) is 0 Å². The number of carbonyl (C=O) groups is 1. The van der Waals surface area contributed by atoms with Crippen molar-refractivity contribution in [3.8, 4) is 0 Å². The highest BCUT2D eigenvalue weighted by Crippen LogP contribution is 2.18. The Labute approximate surface area is 79.4 Å². The summed E-state index contributed by atoms with van der Waals surface area (Å²) in [7, 11) is 1.78. The standard InChI is InChI=1S/C10H12BNO/c1-3-5-6-9-8(4-2)7-12(11)10(9)13/h3-6H,1-2,7,11H2/b6-5-. The maximum absolute atomic E-state index is 11.5. The summed E-state index contributed by atoms with van der Waals surface area (Å²) in [6.07, 6.45) is 6.91. The highest BCUT2D eigenvalue weighted by Gasteiger charge is 2.22. The van der Waals surface area contributed by atoms with Crippen LogP contribution in [0.3, 0.4) is 0 Å². The smallest absolute Gasteiger partial charge is 0.241 e. The lowest BCUT2D eigenvalue weighted by Crippen LogP contribution is -2.23. The molecule has 3 heteroatoms. The lowest BCUT2D eigenvalue weighted by molar-refractivity contribution is -0.121. The number of carbonyl (C=O) groups excluding carboxylic acids is 1. The molecule has 66 valence electrons. The molecule has 0 radical (unpaired) electrons. The molecule has 0 N–H and O–H groups in total. The van der Waals surface area contributed by atoms with Crippen LogP contribution in [-0.2, 0) is 4.79 Å². The van der Waals surface area contributed by atoms with E-state index in [0.29, 0.717) is 6.54 Å².